The van der Waals surface area contributed by atoms with Crippen LogP contribution in [-0.4, -0.2) is 161 Å². The first-order valence-corrected chi connectivity index (χ1v) is 27.5. The Hall–Kier alpha value is -5.27. The molecule has 2 aliphatic carbocycles. The highest BCUT2D eigenvalue weighted by Crippen LogP contribution is 2.52. The van der Waals surface area contributed by atoms with Crippen molar-refractivity contribution in [3.8, 4) is 17.2 Å². The third kappa shape index (κ3) is 13.0. The van der Waals surface area contributed by atoms with Crippen molar-refractivity contribution >= 4 is 69.6 Å². The zero-order valence-electron chi connectivity index (χ0n) is 44.4. The molecule has 416 valence electrons. The summed E-state index contributed by atoms with van der Waals surface area (Å²) < 4.78 is 29.6. The molecule has 6 amide bonds. The van der Waals surface area contributed by atoms with E-state index in [2.05, 4.69) is 50.8 Å². The molecule has 0 radical (unpaired) electrons. The number of carbonyl (C=O) groups is 8. The van der Waals surface area contributed by atoms with Gasteiger partial charge in [-0.05, 0) is 59.4 Å². The monoisotopic (exact) mass is 1170 g/mol. The number of alkyl halides is 1. The van der Waals surface area contributed by atoms with Crippen LogP contribution in [0.4, 0.5) is 0 Å². The molecule has 3 saturated heterocycles. The van der Waals surface area contributed by atoms with E-state index >= 15 is 0 Å². The zero-order chi connectivity index (χ0) is 55.2. The molecule has 2 aromatic rings. The van der Waals surface area contributed by atoms with Crippen LogP contribution in [0.1, 0.15) is 148 Å². The molecule has 2 unspecified atom stereocenters. The molecular weight excluding hydrogens is 1100 g/mol. The minimum absolute atomic E-state index is 0.0160. The molecule has 6 N–H and O–H groups in total. The number of nitrogens with one attached hydrogen (secondary N) is 4. The van der Waals surface area contributed by atoms with Crippen LogP contribution in [-0.2, 0) is 54.1 Å². The maximum Gasteiger partial charge on any atom is 0.244 e. The Bertz CT molecular complexity index is 2550. The quantitative estimate of drug-likeness (QED) is 0.0274. The maximum atomic E-state index is 14.2. The van der Waals surface area contributed by atoms with Crippen molar-refractivity contribution in [3.63, 3.8) is 0 Å². The van der Waals surface area contributed by atoms with E-state index in [1.807, 2.05) is 13.8 Å². The number of carbonyl (C=O) groups excluding carboxylic acids is 8. The van der Waals surface area contributed by atoms with E-state index < -0.39 is 104 Å². The number of morpholine rings is 1. The van der Waals surface area contributed by atoms with Gasteiger partial charge in [0.05, 0.1) is 61.2 Å². The normalized spacial score (nSPS) is 24.8. The van der Waals surface area contributed by atoms with Gasteiger partial charge < -0.3 is 54.7 Å². The highest BCUT2D eigenvalue weighted by Gasteiger charge is 2.48. The van der Waals surface area contributed by atoms with Crippen molar-refractivity contribution in [2.24, 2.45) is 11.8 Å². The first-order valence-electron chi connectivity index (χ1n) is 26.5. The first-order chi connectivity index (χ1) is 36.2. The summed E-state index contributed by atoms with van der Waals surface area (Å²) in [6.07, 6.45) is 2.65. The Morgan fingerprint density at radius 2 is 1.72 bits per heavy atom. The Morgan fingerprint density at radius 1 is 0.974 bits per heavy atom. The minimum atomic E-state index is -1.10. The van der Waals surface area contributed by atoms with Gasteiger partial charge in [0, 0.05) is 78.5 Å². The molecule has 3 aliphatic heterocycles. The van der Waals surface area contributed by atoms with Gasteiger partial charge in [-0.2, -0.15) is 0 Å². The number of likely N-dealkylation sites (tertiary alicyclic amines) is 1. The minimum Gasteiger partial charge on any atom is -0.507 e. The molecule has 10 atom stereocenters. The number of benzene rings is 2. The van der Waals surface area contributed by atoms with Gasteiger partial charge in [-0.3, -0.25) is 48.6 Å². The van der Waals surface area contributed by atoms with Gasteiger partial charge in [-0.25, -0.2) is 0 Å². The van der Waals surface area contributed by atoms with Gasteiger partial charge in [-0.1, -0.05) is 67.3 Å². The number of nitrogens with zero attached hydrogens (tertiary/aromatic N) is 2. The number of amides is 6. The van der Waals surface area contributed by atoms with Gasteiger partial charge in [0.15, 0.2) is 12.1 Å². The maximum absolute atomic E-state index is 14.2. The predicted octanol–water partition coefficient (Wildman–Crippen LogP) is 3.87. The second-order valence-electron chi connectivity index (χ2n) is 20.7. The van der Waals surface area contributed by atoms with Gasteiger partial charge in [0.1, 0.15) is 35.6 Å². The van der Waals surface area contributed by atoms with Crippen molar-refractivity contribution in [3.05, 3.63) is 51.6 Å². The highest BCUT2D eigenvalue weighted by molar-refractivity contribution is 14.1. The number of imide groups is 1. The molecule has 0 saturated carbocycles. The first kappa shape index (κ1) is 58.4. The van der Waals surface area contributed by atoms with E-state index in [4.69, 9.17) is 23.7 Å². The van der Waals surface area contributed by atoms with Crippen molar-refractivity contribution < 1.29 is 72.3 Å². The van der Waals surface area contributed by atoms with Gasteiger partial charge in [0.25, 0.3) is 0 Å². The fraction of sp³-hybridized carbons (Fsp3) is 0.630. The molecule has 2 aromatic carbocycles. The van der Waals surface area contributed by atoms with E-state index in [1.54, 1.807) is 0 Å². The molecule has 0 bridgehead atoms. The van der Waals surface area contributed by atoms with E-state index in [0.29, 0.717) is 32.6 Å². The Kier molecular flexibility index (Phi) is 19.6. The van der Waals surface area contributed by atoms with Crippen LogP contribution in [0.25, 0.3) is 0 Å². The summed E-state index contributed by atoms with van der Waals surface area (Å²) in [5.74, 6) is -6.55. The number of hydrogen-bond donors (Lipinski definition) is 6. The molecule has 21 nitrogen and oxygen atoms in total. The van der Waals surface area contributed by atoms with E-state index in [1.165, 1.54) is 51.1 Å². The van der Waals surface area contributed by atoms with Crippen LogP contribution in [0.15, 0.2) is 18.2 Å². The number of fused-ring (bicyclic) bond motifs is 3. The van der Waals surface area contributed by atoms with E-state index in [9.17, 15) is 48.6 Å². The number of methoxy groups -OCH3 is 1. The zero-order valence-corrected chi connectivity index (χ0v) is 46.6. The fourth-order valence-electron chi connectivity index (χ4n) is 10.8. The molecule has 0 aromatic heterocycles. The SMILES string of the molecule is CCCCCCC(C)(I)C1CC(=O)N(CCC(=O)N[C@@H](C)C(=O)N[C@@H](C)C(=O)N(C)CCNC(=O)[C@@H]2Cc3c(O)c4c(c(O)c3[C@@H](O[C@H]3CC[C@H](O[C@@H]5COCCN5)[C@H](C)O3)C2)C(=O)c2c(OC)cccc2C4=O)C1=O. The van der Waals surface area contributed by atoms with Crippen LogP contribution < -0.4 is 26.0 Å². The summed E-state index contributed by atoms with van der Waals surface area (Å²) in [6.45, 7) is 10.4. The lowest BCUT2D eigenvalue weighted by Crippen LogP contribution is -2.52. The number of ketones is 2. The van der Waals surface area contributed by atoms with Crippen LogP contribution in [0, 0.1) is 11.8 Å². The number of rotatable bonds is 22. The number of likely N-dealkylation sites (N-methyl/N-ethyl adjacent to an activating group) is 1. The molecule has 76 heavy (non-hydrogen) atoms. The van der Waals surface area contributed by atoms with Crippen LogP contribution in [0.5, 0.6) is 17.2 Å². The van der Waals surface area contributed by atoms with Crippen molar-refractivity contribution in [2.45, 2.75) is 152 Å². The summed E-state index contributed by atoms with van der Waals surface area (Å²) in [6, 6.07) is 2.41. The van der Waals surface area contributed by atoms with Crippen molar-refractivity contribution in [1.82, 2.24) is 31.1 Å². The molecule has 3 fully saturated rings. The highest BCUT2D eigenvalue weighted by atomic mass is 127. The molecule has 5 aliphatic rings. The summed E-state index contributed by atoms with van der Waals surface area (Å²) >= 11 is 2.28. The lowest BCUT2D eigenvalue weighted by molar-refractivity contribution is -0.255. The lowest BCUT2D eigenvalue weighted by Gasteiger charge is -2.40. The Labute approximate surface area is 456 Å². The van der Waals surface area contributed by atoms with Crippen LogP contribution in [0.2, 0.25) is 0 Å². The number of phenols is 2. The van der Waals surface area contributed by atoms with Crippen molar-refractivity contribution in [2.75, 3.05) is 53.6 Å². The van der Waals surface area contributed by atoms with Gasteiger partial charge >= 0.3 is 0 Å². The summed E-state index contributed by atoms with van der Waals surface area (Å²) in [7, 11) is 2.85. The number of aromatic hydroxyl groups is 2. The van der Waals surface area contributed by atoms with Gasteiger partial charge in [-0.15, -0.1) is 0 Å². The number of unbranched alkanes of at least 4 members (excludes halogenated alkanes) is 3. The molecule has 3 heterocycles. The second-order valence-corrected chi connectivity index (χ2v) is 23.2. The van der Waals surface area contributed by atoms with Crippen LogP contribution in [0.3, 0.4) is 0 Å². The molecule has 7 rings (SSSR count). The standard InChI is InChI=1S/C54H73IN6O15/c1-8-9-10-11-18-54(5,55)34-26-40(63)61(53(34)71)21-17-38(62)58-28(2)50(68)59-29(3)52(70)60(6)22-19-57-51(69)31-24-33-43(37(25-31)76-41-16-15-35(30(4)74-41)75-39-27-73-23-20-56-39)49(67)45-44(47(33)65)46(64)32-13-12-14-36(72-7)42(32)48(45)66/h12-14,28-31,34-35,37,39,41,56,65,67H,8-11,15-27H2,1-7H3,(H,57,69)(H,58,62)(H,59,68)/t28-,29-,30-,31+,34?,35-,37-,39+,41-,54?/m0/s1. The fourth-order valence-corrected chi connectivity index (χ4v) is 11.7. The Morgan fingerprint density at radius 3 is 2.42 bits per heavy atom. The van der Waals surface area contributed by atoms with Crippen LogP contribution >= 0.6 is 22.6 Å². The average molecular weight is 1170 g/mol. The van der Waals surface area contributed by atoms with Crippen molar-refractivity contribution in [1.29, 1.82) is 0 Å². The summed E-state index contributed by atoms with van der Waals surface area (Å²) in [5, 5.41) is 35.3. The predicted molar refractivity (Wildman–Crippen MR) is 283 cm³/mol. The lowest BCUT2D eigenvalue weighted by atomic mass is 9.74. The Balaban J connectivity index is 0.946. The smallest absolute Gasteiger partial charge is 0.244 e. The molecule has 0 spiro atoms. The topological polar surface area (TPSA) is 278 Å². The number of halogens is 1. The number of phenolic OH excluding ortho intramolecular Hbond substituents is 2. The second kappa shape index (κ2) is 25.5. The van der Waals surface area contributed by atoms with Gasteiger partial charge in [0.2, 0.25) is 41.2 Å². The molecule has 22 heteroatoms. The summed E-state index contributed by atoms with van der Waals surface area (Å²) in [4.78, 5) is 110. The van der Waals surface area contributed by atoms with E-state index in [0.717, 1.165) is 37.0 Å². The van der Waals surface area contributed by atoms with E-state index in [-0.39, 0.29) is 97.5 Å². The largest absolute Gasteiger partial charge is 0.507 e. The third-order valence-electron chi connectivity index (χ3n) is 15.2. The molecular formula is C54H73IN6O15. The third-order valence-corrected chi connectivity index (χ3v) is 16.5. The summed E-state index contributed by atoms with van der Waals surface area (Å²) in [5.41, 5.74) is -0.738. The average Bonchev–Trinajstić information content (AvgIpc) is 3.70. The number of hydrogen-bond acceptors (Lipinski definition) is 16. The number of ether oxygens (including phenoxy) is 5.